The number of carbonyl (C=O) groups excluding carboxylic acids is 1. The Morgan fingerprint density at radius 1 is 1.12 bits per heavy atom. The molecule has 2 unspecified atom stereocenters. The molecule has 0 bridgehead atoms. The van der Waals surface area contributed by atoms with Gasteiger partial charge in [0.25, 0.3) is 0 Å². The van der Waals surface area contributed by atoms with Gasteiger partial charge in [0, 0.05) is 11.6 Å². The lowest BCUT2D eigenvalue weighted by atomic mass is 9.93. The summed E-state index contributed by atoms with van der Waals surface area (Å²) in [6.07, 6.45) is 2.48. The lowest BCUT2D eigenvalue weighted by Crippen LogP contribution is -2.42. The minimum Gasteiger partial charge on any atom is -0.273 e. The molecule has 2 aromatic carbocycles. The summed E-state index contributed by atoms with van der Waals surface area (Å²) in [5.41, 5.74) is 4.04. The average molecular weight is 317 g/mol. The summed E-state index contributed by atoms with van der Waals surface area (Å²) >= 11 is 0. The number of hydrogen-bond donors (Lipinski definition) is 1. The van der Waals surface area contributed by atoms with Crippen molar-refractivity contribution in [3.8, 4) is 0 Å². The Bertz CT molecular complexity index is 916. The van der Waals surface area contributed by atoms with Gasteiger partial charge in [-0.1, -0.05) is 37.3 Å². The number of carbonyl (C=O) groups is 1. The molecule has 1 amide bonds. The van der Waals surface area contributed by atoms with Crippen molar-refractivity contribution >= 4 is 22.5 Å². The van der Waals surface area contributed by atoms with E-state index in [0.29, 0.717) is 5.69 Å². The Labute approximate surface area is 140 Å². The van der Waals surface area contributed by atoms with E-state index < -0.39 is 0 Å². The van der Waals surface area contributed by atoms with Crippen LogP contribution in [0.5, 0.6) is 0 Å². The largest absolute Gasteiger partial charge is 0.273 e. The summed E-state index contributed by atoms with van der Waals surface area (Å²) in [7, 11) is 0. The first kappa shape index (κ1) is 14.8. The summed E-state index contributed by atoms with van der Waals surface area (Å²) in [6.45, 7) is 2.10. The van der Waals surface area contributed by atoms with Crippen molar-refractivity contribution in [1.29, 1.82) is 0 Å². The van der Waals surface area contributed by atoms with Crippen LogP contribution in [0.15, 0.2) is 60.8 Å². The maximum absolute atomic E-state index is 13.0. The Balaban J connectivity index is 1.68. The molecule has 1 aliphatic rings. The average Bonchev–Trinajstić information content (AvgIpc) is 2.97. The molecule has 2 atom stereocenters. The first-order valence-electron chi connectivity index (χ1n) is 8.17. The number of amides is 1. The van der Waals surface area contributed by atoms with Gasteiger partial charge in [0.1, 0.15) is 0 Å². The van der Waals surface area contributed by atoms with Crippen molar-refractivity contribution < 1.29 is 4.79 Å². The minimum atomic E-state index is -0.126. The molecule has 1 heterocycles. The smallest absolute Gasteiger partial charge is 0.245 e. The molecular weight excluding hydrogens is 298 g/mol. The van der Waals surface area contributed by atoms with Crippen LogP contribution in [0.4, 0.5) is 5.69 Å². The quantitative estimate of drug-likeness (QED) is 0.447. The second-order valence-corrected chi connectivity index (χ2v) is 6.35. The van der Waals surface area contributed by atoms with Gasteiger partial charge in [0.15, 0.2) is 0 Å². The molecule has 4 nitrogen and oxygen atoms in total. The fourth-order valence-corrected chi connectivity index (χ4v) is 3.69. The number of pyridine rings is 1. The first-order chi connectivity index (χ1) is 11.7. The van der Waals surface area contributed by atoms with E-state index in [9.17, 15) is 4.79 Å². The molecule has 1 aromatic heterocycles. The van der Waals surface area contributed by atoms with Crippen LogP contribution in [-0.2, 0) is 11.2 Å². The zero-order chi connectivity index (χ0) is 16.7. The Morgan fingerprint density at radius 3 is 2.79 bits per heavy atom. The Kier molecular flexibility index (Phi) is 3.54. The second kappa shape index (κ2) is 5.73. The molecule has 0 saturated carbocycles. The monoisotopic (exact) mass is 317 g/mol. The highest BCUT2D eigenvalue weighted by Crippen LogP contribution is 2.39. The van der Waals surface area contributed by atoms with Crippen molar-refractivity contribution in [3.05, 3.63) is 71.9 Å². The first-order valence-corrected chi connectivity index (χ1v) is 8.17. The van der Waals surface area contributed by atoms with Crippen LogP contribution in [0.3, 0.4) is 0 Å². The Morgan fingerprint density at radius 2 is 1.96 bits per heavy atom. The topological polar surface area (TPSA) is 59.2 Å². The molecule has 0 fully saturated rings. The summed E-state index contributed by atoms with van der Waals surface area (Å²) in [5.74, 6) is 6.24. The van der Waals surface area contributed by atoms with E-state index in [1.54, 1.807) is 6.20 Å². The van der Waals surface area contributed by atoms with E-state index in [-0.39, 0.29) is 17.7 Å². The molecule has 0 radical (unpaired) electrons. The Hall–Kier alpha value is -2.72. The van der Waals surface area contributed by atoms with E-state index >= 15 is 0 Å². The van der Waals surface area contributed by atoms with Crippen molar-refractivity contribution in [2.24, 2.45) is 11.8 Å². The van der Waals surface area contributed by atoms with Gasteiger partial charge in [-0.2, -0.15) is 0 Å². The third-order valence-corrected chi connectivity index (χ3v) is 5.03. The maximum Gasteiger partial charge on any atom is 0.245 e. The van der Waals surface area contributed by atoms with Crippen LogP contribution in [0, 0.1) is 5.92 Å². The highest BCUT2D eigenvalue weighted by molar-refractivity contribution is 6.03. The van der Waals surface area contributed by atoms with Crippen molar-refractivity contribution in [1.82, 2.24) is 4.98 Å². The van der Waals surface area contributed by atoms with Gasteiger partial charge in [0.2, 0.25) is 5.91 Å². The number of anilines is 1. The molecule has 0 spiro atoms. The normalized spacial score (nSPS) is 19.2. The van der Waals surface area contributed by atoms with Gasteiger partial charge < -0.3 is 0 Å². The third-order valence-electron chi connectivity index (χ3n) is 5.03. The highest BCUT2D eigenvalue weighted by atomic mass is 16.2. The fraction of sp³-hybridized carbons (Fsp3) is 0.200. The molecule has 1 aliphatic carbocycles. The number of nitrogens with two attached hydrogens (primary N) is 1. The lowest BCUT2D eigenvalue weighted by Gasteiger charge is -2.24. The maximum atomic E-state index is 13.0. The molecule has 24 heavy (non-hydrogen) atoms. The van der Waals surface area contributed by atoms with E-state index in [2.05, 4.69) is 24.0 Å². The van der Waals surface area contributed by atoms with E-state index in [4.69, 9.17) is 5.84 Å². The molecule has 4 heteroatoms. The standard InChI is InChI=1S/C20H19N3O/c1-13-15-7-3-2-6-14(15)12-17(13)20(24)23(21)19-10-4-9-18-16(19)8-5-11-22-18/h2-11,13,17H,12,21H2,1H3. The van der Waals surface area contributed by atoms with E-state index in [1.807, 2.05) is 42.5 Å². The predicted octanol–water partition coefficient (Wildman–Crippen LogP) is 3.42. The number of benzene rings is 2. The predicted molar refractivity (Wildman–Crippen MR) is 95.5 cm³/mol. The lowest BCUT2D eigenvalue weighted by molar-refractivity contribution is -0.122. The summed E-state index contributed by atoms with van der Waals surface area (Å²) < 4.78 is 0. The number of nitrogens with zero attached hydrogens (tertiary/aromatic N) is 2. The van der Waals surface area contributed by atoms with Gasteiger partial charge in [-0.3, -0.25) is 9.78 Å². The van der Waals surface area contributed by atoms with Crippen molar-refractivity contribution in [2.45, 2.75) is 19.3 Å². The summed E-state index contributed by atoms with van der Waals surface area (Å²) in [6, 6.07) is 17.7. The van der Waals surface area contributed by atoms with Crippen LogP contribution in [0.2, 0.25) is 0 Å². The fourth-order valence-electron chi connectivity index (χ4n) is 3.69. The number of hydrazine groups is 1. The highest BCUT2D eigenvalue weighted by Gasteiger charge is 2.36. The van der Waals surface area contributed by atoms with E-state index in [1.165, 1.54) is 16.1 Å². The van der Waals surface area contributed by atoms with Gasteiger partial charge in [-0.15, -0.1) is 0 Å². The van der Waals surface area contributed by atoms with Crippen molar-refractivity contribution in [2.75, 3.05) is 5.01 Å². The van der Waals surface area contributed by atoms with Crippen LogP contribution in [0.1, 0.15) is 24.0 Å². The number of rotatable bonds is 2. The van der Waals surface area contributed by atoms with Crippen LogP contribution >= 0.6 is 0 Å². The zero-order valence-corrected chi connectivity index (χ0v) is 13.5. The summed E-state index contributed by atoms with van der Waals surface area (Å²) in [5, 5.41) is 2.19. The molecular formula is C20H19N3O. The van der Waals surface area contributed by atoms with Crippen LogP contribution in [-0.4, -0.2) is 10.9 Å². The molecule has 120 valence electrons. The molecule has 3 aromatic rings. The van der Waals surface area contributed by atoms with Crippen molar-refractivity contribution in [3.63, 3.8) is 0 Å². The molecule has 2 N–H and O–H groups in total. The number of fused-ring (bicyclic) bond motifs is 2. The molecule has 0 aliphatic heterocycles. The van der Waals surface area contributed by atoms with Crippen LogP contribution in [0.25, 0.3) is 10.9 Å². The van der Waals surface area contributed by atoms with Gasteiger partial charge in [0.05, 0.1) is 17.1 Å². The zero-order valence-electron chi connectivity index (χ0n) is 13.5. The van der Waals surface area contributed by atoms with E-state index in [0.717, 1.165) is 17.3 Å². The number of aromatic nitrogens is 1. The SMILES string of the molecule is CC1c2ccccc2CC1C(=O)N(N)c1cccc2ncccc12. The van der Waals surface area contributed by atoms with Gasteiger partial charge >= 0.3 is 0 Å². The minimum absolute atomic E-state index is 0.0462. The van der Waals surface area contributed by atoms with Crippen LogP contribution < -0.4 is 10.9 Å². The third kappa shape index (κ3) is 2.27. The van der Waals surface area contributed by atoms with Gasteiger partial charge in [-0.25, -0.2) is 10.9 Å². The van der Waals surface area contributed by atoms with Gasteiger partial charge in [-0.05, 0) is 47.7 Å². The number of hydrogen-bond acceptors (Lipinski definition) is 3. The molecule has 4 rings (SSSR count). The molecule has 0 saturated heterocycles. The second-order valence-electron chi connectivity index (χ2n) is 6.35. The summed E-state index contributed by atoms with van der Waals surface area (Å²) in [4.78, 5) is 17.4.